The third kappa shape index (κ3) is 4.60. The third-order valence-electron chi connectivity index (χ3n) is 3.03. The van der Waals surface area contributed by atoms with Crippen LogP contribution in [-0.2, 0) is 4.79 Å². The quantitative estimate of drug-likeness (QED) is 0.589. The van der Waals surface area contributed by atoms with Crippen LogP contribution in [0.5, 0.6) is 17.4 Å². The Bertz CT molecular complexity index is 566. The first kappa shape index (κ1) is 15.0. The summed E-state index contributed by atoms with van der Waals surface area (Å²) in [6.07, 6.45) is 3.47. The van der Waals surface area contributed by atoms with Crippen LogP contribution in [0.15, 0.2) is 48.7 Å². The second-order valence-electron chi connectivity index (χ2n) is 4.85. The number of aromatic nitrogens is 1. The van der Waals surface area contributed by atoms with Gasteiger partial charge in [0.05, 0.1) is 5.92 Å². The summed E-state index contributed by atoms with van der Waals surface area (Å²) in [5, 5.41) is 0. The molecule has 0 aliphatic heterocycles. The summed E-state index contributed by atoms with van der Waals surface area (Å²) in [5.74, 6) is 1.42. The Hall–Kier alpha value is -2.36. The summed E-state index contributed by atoms with van der Waals surface area (Å²) in [6.45, 7) is 3.93. The number of ether oxygens (including phenoxy) is 2. The van der Waals surface area contributed by atoms with E-state index < -0.39 is 0 Å². The molecule has 4 nitrogen and oxygen atoms in total. The molecule has 1 aromatic heterocycles. The lowest BCUT2D eigenvalue weighted by molar-refractivity contribution is -0.138. The van der Waals surface area contributed by atoms with Crippen molar-refractivity contribution >= 4 is 5.97 Å². The van der Waals surface area contributed by atoms with Gasteiger partial charge in [0.25, 0.3) is 0 Å². The maximum atomic E-state index is 11.8. The lowest BCUT2D eigenvalue weighted by Crippen LogP contribution is -2.17. The first-order valence-corrected chi connectivity index (χ1v) is 7.09. The van der Waals surface area contributed by atoms with E-state index in [1.165, 1.54) is 0 Å². The molecule has 0 amide bonds. The average Bonchev–Trinajstić information content (AvgIpc) is 2.50. The average molecular weight is 285 g/mol. The molecule has 2 aromatic rings. The molecular formula is C17H19NO3. The topological polar surface area (TPSA) is 48.4 Å². The standard InChI is InChI=1S/C17H19NO3/c1-3-6-13(2)17(19)21-15-10-8-14(9-11-15)20-16-7-4-5-12-18-16/h4-5,7-13H,3,6H2,1-2H3. The molecule has 2 rings (SSSR count). The van der Waals surface area contributed by atoms with E-state index in [1.807, 2.05) is 26.0 Å². The molecule has 0 aliphatic rings. The number of carbonyl (C=O) groups is 1. The van der Waals surface area contributed by atoms with E-state index >= 15 is 0 Å². The highest BCUT2D eigenvalue weighted by Gasteiger charge is 2.14. The number of hydrogen-bond donors (Lipinski definition) is 0. The Morgan fingerprint density at radius 1 is 1.14 bits per heavy atom. The zero-order chi connectivity index (χ0) is 15.1. The summed E-state index contributed by atoms with van der Waals surface area (Å²) < 4.78 is 10.9. The fraction of sp³-hybridized carbons (Fsp3) is 0.294. The van der Waals surface area contributed by atoms with Gasteiger partial charge in [0, 0.05) is 12.3 Å². The van der Waals surface area contributed by atoms with Crippen molar-refractivity contribution < 1.29 is 14.3 Å². The molecule has 1 heterocycles. The molecule has 110 valence electrons. The van der Waals surface area contributed by atoms with Crippen molar-refractivity contribution in [2.75, 3.05) is 0 Å². The summed E-state index contributed by atoms with van der Waals surface area (Å²) in [6, 6.07) is 12.4. The van der Waals surface area contributed by atoms with Crippen LogP contribution in [0.25, 0.3) is 0 Å². The first-order valence-electron chi connectivity index (χ1n) is 7.09. The van der Waals surface area contributed by atoms with Gasteiger partial charge in [0.1, 0.15) is 11.5 Å². The second kappa shape index (κ2) is 7.43. The SMILES string of the molecule is CCCC(C)C(=O)Oc1ccc(Oc2ccccn2)cc1. The molecule has 21 heavy (non-hydrogen) atoms. The van der Waals surface area contributed by atoms with Gasteiger partial charge in [0.15, 0.2) is 0 Å². The van der Waals surface area contributed by atoms with E-state index in [2.05, 4.69) is 4.98 Å². The van der Waals surface area contributed by atoms with E-state index in [0.717, 1.165) is 12.8 Å². The fourth-order valence-electron chi connectivity index (χ4n) is 1.87. The Balaban J connectivity index is 1.94. The van der Waals surface area contributed by atoms with Crippen LogP contribution in [0, 0.1) is 5.92 Å². The molecule has 0 bridgehead atoms. The van der Waals surface area contributed by atoms with Crippen molar-refractivity contribution in [2.24, 2.45) is 5.92 Å². The van der Waals surface area contributed by atoms with Gasteiger partial charge in [0.2, 0.25) is 5.88 Å². The molecule has 0 saturated carbocycles. The lowest BCUT2D eigenvalue weighted by Gasteiger charge is -2.10. The van der Waals surface area contributed by atoms with Crippen molar-refractivity contribution in [1.29, 1.82) is 0 Å². The normalized spacial score (nSPS) is 11.7. The van der Waals surface area contributed by atoms with Gasteiger partial charge in [-0.05, 0) is 36.8 Å². The van der Waals surface area contributed by atoms with Crippen LogP contribution in [0.2, 0.25) is 0 Å². The van der Waals surface area contributed by atoms with E-state index in [0.29, 0.717) is 17.4 Å². The van der Waals surface area contributed by atoms with Crippen molar-refractivity contribution in [2.45, 2.75) is 26.7 Å². The van der Waals surface area contributed by atoms with Crippen molar-refractivity contribution in [3.8, 4) is 17.4 Å². The predicted octanol–water partition coefficient (Wildman–Crippen LogP) is 4.22. The van der Waals surface area contributed by atoms with Crippen molar-refractivity contribution in [3.05, 3.63) is 48.7 Å². The third-order valence-corrected chi connectivity index (χ3v) is 3.03. The Morgan fingerprint density at radius 3 is 2.48 bits per heavy atom. The second-order valence-corrected chi connectivity index (χ2v) is 4.85. The molecule has 1 unspecified atom stereocenters. The van der Waals surface area contributed by atoms with E-state index in [1.54, 1.807) is 36.5 Å². The minimum Gasteiger partial charge on any atom is -0.439 e. The minimum atomic E-state index is -0.199. The number of carbonyl (C=O) groups excluding carboxylic acids is 1. The summed E-state index contributed by atoms with van der Waals surface area (Å²) in [4.78, 5) is 15.9. The molecule has 0 fully saturated rings. The summed E-state index contributed by atoms with van der Waals surface area (Å²) in [7, 11) is 0. The highest BCUT2D eigenvalue weighted by molar-refractivity contribution is 5.74. The van der Waals surface area contributed by atoms with Gasteiger partial charge in [-0.2, -0.15) is 0 Å². The maximum absolute atomic E-state index is 11.8. The molecule has 1 aromatic carbocycles. The molecule has 0 spiro atoms. The van der Waals surface area contributed by atoms with Crippen LogP contribution in [0.1, 0.15) is 26.7 Å². The monoisotopic (exact) mass is 285 g/mol. The van der Waals surface area contributed by atoms with Crippen molar-refractivity contribution in [1.82, 2.24) is 4.98 Å². The van der Waals surface area contributed by atoms with Crippen LogP contribution in [0.3, 0.4) is 0 Å². The summed E-state index contributed by atoms with van der Waals surface area (Å²) >= 11 is 0. The molecule has 0 N–H and O–H groups in total. The number of nitrogens with zero attached hydrogens (tertiary/aromatic N) is 1. The van der Waals surface area contributed by atoms with Crippen LogP contribution < -0.4 is 9.47 Å². The number of rotatable bonds is 6. The Labute approximate surface area is 124 Å². The van der Waals surface area contributed by atoms with Gasteiger partial charge in [-0.1, -0.05) is 26.3 Å². The first-order chi connectivity index (χ1) is 10.2. The highest BCUT2D eigenvalue weighted by atomic mass is 16.5. The number of pyridine rings is 1. The van der Waals surface area contributed by atoms with Gasteiger partial charge in [-0.3, -0.25) is 4.79 Å². The molecule has 0 saturated heterocycles. The zero-order valence-electron chi connectivity index (χ0n) is 12.3. The zero-order valence-corrected chi connectivity index (χ0v) is 12.3. The fourth-order valence-corrected chi connectivity index (χ4v) is 1.87. The van der Waals surface area contributed by atoms with Gasteiger partial charge in [-0.15, -0.1) is 0 Å². The minimum absolute atomic E-state index is 0.0838. The van der Waals surface area contributed by atoms with Gasteiger partial charge < -0.3 is 9.47 Å². The number of esters is 1. The highest BCUT2D eigenvalue weighted by Crippen LogP contribution is 2.23. The molecule has 0 aliphatic carbocycles. The molecule has 0 radical (unpaired) electrons. The number of hydrogen-bond acceptors (Lipinski definition) is 4. The van der Waals surface area contributed by atoms with Gasteiger partial charge in [-0.25, -0.2) is 4.98 Å². The predicted molar refractivity (Wildman–Crippen MR) is 80.5 cm³/mol. The van der Waals surface area contributed by atoms with Gasteiger partial charge >= 0.3 is 5.97 Å². The molecular weight excluding hydrogens is 266 g/mol. The van der Waals surface area contributed by atoms with Crippen LogP contribution in [0.4, 0.5) is 0 Å². The van der Waals surface area contributed by atoms with Crippen molar-refractivity contribution in [3.63, 3.8) is 0 Å². The number of benzene rings is 1. The Kier molecular flexibility index (Phi) is 5.32. The summed E-state index contributed by atoms with van der Waals surface area (Å²) in [5.41, 5.74) is 0. The van der Waals surface area contributed by atoms with E-state index in [-0.39, 0.29) is 11.9 Å². The lowest BCUT2D eigenvalue weighted by atomic mass is 10.1. The maximum Gasteiger partial charge on any atom is 0.314 e. The molecule has 1 atom stereocenters. The van der Waals surface area contributed by atoms with E-state index in [4.69, 9.17) is 9.47 Å². The smallest absolute Gasteiger partial charge is 0.314 e. The van der Waals surface area contributed by atoms with Crippen LogP contribution >= 0.6 is 0 Å². The largest absolute Gasteiger partial charge is 0.439 e. The Morgan fingerprint density at radius 2 is 1.86 bits per heavy atom. The molecule has 4 heteroatoms. The van der Waals surface area contributed by atoms with E-state index in [9.17, 15) is 4.79 Å². The van der Waals surface area contributed by atoms with Crippen LogP contribution in [-0.4, -0.2) is 11.0 Å².